The smallest absolute Gasteiger partial charge is 0.435 e. The summed E-state index contributed by atoms with van der Waals surface area (Å²) >= 11 is 0. The third-order valence-corrected chi connectivity index (χ3v) is 4.49. The van der Waals surface area contributed by atoms with E-state index in [-0.39, 0.29) is 18.2 Å². The van der Waals surface area contributed by atoms with Crippen LogP contribution >= 0.6 is 0 Å². The Bertz CT molecular complexity index is 829. The maximum atomic E-state index is 13.1. The molecule has 0 spiro atoms. The van der Waals surface area contributed by atoms with Crippen LogP contribution in [0.25, 0.3) is 0 Å². The quantitative estimate of drug-likeness (QED) is 0.751. The normalized spacial score (nSPS) is 17.0. The number of amides is 1. The molecule has 1 saturated heterocycles. The van der Waals surface area contributed by atoms with Crippen LogP contribution < -0.4 is 4.74 Å². The number of carbonyl (C=O) groups excluding carboxylic acids is 1. The van der Waals surface area contributed by atoms with Crippen molar-refractivity contribution in [3.63, 3.8) is 0 Å². The van der Waals surface area contributed by atoms with Gasteiger partial charge in [-0.15, -0.1) is 0 Å². The SMILES string of the molecule is CN(Cc1cn(C)nc1C(F)(F)F)C(=O)c1ccccc1OCC1CCCO1. The molecule has 1 aliphatic rings. The predicted octanol–water partition coefficient (Wildman–Crippen LogP) is 3.27. The third kappa shape index (κ3) is 4.64. The van der Waals surface area contributed by atoms with E-state index in [0.717, 1.165) is 17.5 Å². The van der Waals surface area contributed by atoms with Gasteiger partial charge in [0.15, 0.2) is 5.69 Å². The fourth-order valence-electron chi connectivity index (χ4n) is 3.15. The Kier molecular flexibility index (Phi) is 5.93. The number of carbonyl (C=O) groups is 1. The second kappa shape index (κ2) is 8.22. The topological polar surface area (TPSA) is 56.6 Å². The van der Waals surface area contributed by atoms with Crippen LogP contribution in [0.2, 0.25) is 0 Å². The van der Waals surface area contributed by atoms with E-state index in [0.29, 0.717) is 24.5 Å². The van der Waals surface area contributed by atoms with Gasteiger partial charge in [0.2, 0.25) is 0 Å². The van der Waals surface area contributed by atoms with Crippen molar-refractivity contribution in [1.29, 1.82) is 0 Å². The maximum absolute atomic E-state index is 13.1. The van der Waals surface area contributed by atoms with Gasteiger partial charge in [-0.1, -0.05) is 12.1 Å². The van der Waals surface area contributed by atoms with Crippen molar-refractivity contribution in [2.24, 2.45) is 7.05 Å². The molecule has 2 aromatic rings. The summed E-state index contributed by atoms with van der Waals surface area (Å²) < 4.78 is 51.8. The molecule has 0 aliphatic carbocycles. The van der Waals surface area contributed by atoms with Gasteiger partial charge < -0.3 is 14.4 Å². The zero-order chi connectivity index (χ0) is 20.3. The number of hydrogen-bond acceptors (Lipinski definition) is 4. The molecular weight excluding hydrogens is 375 g/mol. The number of alkyl halides is 3. The number of aromatic nitrogens is 2. The summed E-state index contributed by atoms with van der Waals surface area (Å²) in [4.78, 5) is 14.1. The molecule has 152 valence electrons. The first kappa shape index (κ1) is 20.2. The Hall–Kier alpha value is -2.55. The van der Waals surface area contributed by atoms with Crippen molar-refractivity contribution in [2.45, 2.75) is 31.7 Å². The molecule has 1 atom stereocenters. The van der Waals surface area contributed by atoms with Crippen LogP contribution in [0.5, 0.6) is 5.75 Å². The lowest BCUT2D eigenvalue weighted by molar-refractivity contribution is -0.142. The van der Waals surface area contributed by atoms with Crippen LogP contribution in [0, 0.1) is 0 Å². The summed E-state index contributed by atoms with van der Waals surface area (Å²) in [7, 11) is 2.86. The maximum Gasteiger partial charge on any atom is 0.435 e. The van der Waals surface area contributed by atoms with Crippen molar-refractivity contribution in [1.82, 2.24) is 14.7 Å². The second-order valence-electron chi connectivity index (χ2n) is 6.78. The zero-order valence-corrected chi connectivity index (χ0v) is 15.7. The Morgan fingerprint density at radius 1 is 1.39 bits per heavy atom. The van der Waals surface area contributed by atoms with Gasteiger partial charge in [-0.3, -0.25) is 9.48 Å². The van der Waals surface area contributed by atoms with E-state index in [4.69, 9.17) is 9.47 Å². The number of benzene rings is 1. The van der Waals surface area contributed by atoms with Crippen LogP contribution in [-0.2, 0) is 24.5 Å². The summed E-state index contributed by atoms with van der Waals surface area (Å²) in [6.45, 7) is 0.806. The minimum atomic E-state index is -4.58. The van der Waals surface area contributed by atoms with Gasteiger partial charge in [-0.05, 0) is 25.0 Å². The molecule has 1 unspecified atom stereocenters. The number of nitrogens with zero attached hydrogens (tertiary/aromatic N) is 3. The molecule has 0 saturated carbocycles. The van der Waals surface area contributed by atoms with Crippen molar-refractivity contribution >= 4 is 5.91 Å². The first-order valence-electron chi connectivity index (χ1n) is 8.94. The molecule has 1 fully saturated rings. The van der Waals surface area contributed by atoms with Gasteiger partial charge in [-0.2, -0.15) is 18.3 Å². The zero-order valence-electron chi connectivity index (χ0n) is 15.7. The number of ether oxygens (including phenoxy) is 2. The molecule has 0 N–H and O–H groups in total. The summed E-state index contributed by atoms with van der Waals surface area (Å²) in [6, 6.07) is 6.69. The lowest BCUT2D eigenvalue weighted by atomic mass is 10.1. The molecule has 6 nitrogen and oxygen atoms in total. The van der Waals surface area contributed by atoms with Crippen LogP contribution in [0.3, 0.4) is 0 Å². The highest BCUT2D eigenvalue weighted by Gasteiger charge is 2.37. The minimum Gasteiger partial charge on any atom is -0.490 e. The Labute approximate surface area is 160 Å². The number of para-hydroxylation sites is 1. The number of aryl methyl sites for hydroxylation is 1. The van der Waals surface area contributed by atoms with Crippen LogP contribution in [-0.4, -0.2) is 47.0 Å². The third-order valence-electron chi connectivity index (χ3n) is 4.49. The molecule has 1 amide bonds. The van der Waals surface area contributed by atoms with E-state index in [1.54, 1.807) is 24.3 Å². The molecule has 2 heterocycles. The molecule has 0 radical (unpaired) electrons. The fourth-order valence-corrected chi connectivity index (χ4v) is 3.15. The highest BCUT2D eigenvalue weighted by molar-refractivity contribution is 5.96. The van der Waals surface area contributed by atoms with E-state index in [9.17, 15) is 18.0 Å². The lowest BCUT2D eigenvalue weighted by Crippen LogP contribution is -2.28. The standard InChI is InChI=1S/C19H22F3N3O3/c1-24(10-13-11-25(2)23-17(13)19(20,21)22)18(26)15-7-3-4-8-16(15)28-12-14-6-5-9-27-14/h3-4,7-8,11,14H,5-6,9-10,12H2,1-2H3. The number of hydrogen-bond donors (Lipinski definition) is 0. The Morgan fingerprint density at radius 3 is 2.82 bits per heavy atom. The van der Waals surface area contributed by atoms with Crippen LogP contribution in [0.15, 0.2) is 30.5 Å². The van der Waals surface area contributed by atoms with Gasteiger partial charge in [0.05, 0.1) is 11.7 Å². The summed E-state index contributed by atoms with van der Waals surface area (Å²) in [6.07, 6.45) is -1.44. The van der Waals surface area contributed by atoms with E-state index < -0.39 is 17.8 Å². The van der Waals surface area contributed by atoms with Gasteiger partial charge >= 0.3 is 6.18 Å². The monoisotopic (exact) mass is 397 g/mol. The Balaban J connectivity index is 1.73. The van der Waals surface area contributed by atoms with Crippen molar-refractivity contribution in [3.8, 4) is 5.75 Å². The van der Waals surface area contributed by atoms with Crippen molar-refractivity contribution in [3.05, 3.63) is 47.3 Å². The van der Waals surface area contributed by atoms with E-state index in [2.05, 4.69) is 5.10 Å². The second-order valence-corrected chi connectivity index (χ2v) is 6.78. The largest absolute Gasteiger partial charge is 0.490 e. The van der Waals surface area contributed by atoms with E-state index in [1.165, 1.54) is 25.2 Å². The van der Waals surface area contributed by atoms with E-state index >= 15 is 0 Å². The average Bonchev–Trinajstić information content (AvgIpc) is 3.28. The first-order valence-corrected chi connectivity index (χ1v) is 8.94. The number of halogens is 3. The van der Waals surface area contributed by atoms with E-state index in [1.807, 2.05) is 0 Å². The highest BCUT2D eigenvalue weighted by Crippen LogP contribution is 2.31. The summed E-state index contributed by atoms with van der Waals surface area (Å²) in [5, 5.41) is 3.47. The molecule has 1 aromatic heterocycles. The van der Waals surface area contributed by atoms with Crippen LogP contribution in [0.4, 0.5) is 13.2 Å². The molecule has 0 bridgehead atoms. The average molecular weight is 397 g/mol. The van der Waals surface area contributed by atoms with Crippen molar-refractivity contribution in [2.75, 3.05) is 20.3 Å². The van der Waals surface area contributed by atoms with Gasteiger partial charge in [0.1, 0.15) is 12.4 Å². The van der Waals surface area contributed by atoms with Crippen LogP contribution in [0.1, 0.15) is 34.5 Å². The molecule has 1 aromatic carbocycles. The molecule has 3 rings (SSSR count). The highest BCUT2D eigenvalue weighted by atomic mass is 19.4. The number of rotatable bonds is 6. The fraction of sp³-hybridized carbons (Fsp3) is 0.474. The molecular formula is C19H22F3N3O3. The molecule has 1 aliphatic heterocycles. The molecule has 28 heavy (non-hydrogen) atoms. The molecule has 9 heteroatoms. The van der Waals surface area contributed by atoms with Gasteiger partial charge in [0, 0.05) is 39.0 Å². The van der Waals surface area contributed by atoms with Crippen molar-refractivity contribution < 1.29 is 27.4 Å². The summed E-state index contributed by atoms with van der Waals surface area (Å²) in [5.41, 5.74) is -0.762. The van der Waals surface area contributed by atoms with Gasteiger partial charge in [0.25, 0.3) is 5.91 Å². The summed E-state index contributed by atoms with van der Waals surface area (Å²) in [5.74, 6) is -0.0444. The van der Waals surface area contributed by atoms with Gasteiger partial charge in [-0.25, -0.2) is 0 Å². The minimum absolute atomic E-state index is 0.00868. The predicted molar refractivity (Wildman–Crippen MR) is 94.9 cm³/mol. The lowest BCUT2D eigenvalue weighted by Gasteiger charge is -2.20. The first-order chi connectivity index (χ1) is 13.3. The Morgan fingerprint density at radius 2 is 2.14 bits per heavy atom.